The normalized spacial score (nSPS) is 29.5. The van der Waals surface area contributed by atoms with Gasteiger partial charge in [0.05, 0.1) is 11.1 Å². The molecule has 1 fully saturated rings. The number of amides is 1. The van der Waals surface area contributed by atoms with Crippen LogP contribution in [0, 0.1) is 0 Å². The van der Waals surface area contributed by atoms with E-state index < -0.39 is 11.1 Å². The highest BCUT2D eigenvalue weighted by molar-refractivity contribution is 5.86. The summed E-state index contributed by atoms with van der Waals surface area (Å²) in [6.07, 6.45) is 3.72. The van der Waals surface area contributed by atoms with Crippen molar-refractivity contribution in [3.8, 4) is 0 Å². The van der Waals surface area contributed by atoms with Crippen LogP contribution in [0.5, 0.6) is 0 Å². The van der Waals surface area contributed by atoms with Crippen LogP contribution >= 0.6 is 0 Å². The van der Waals surface area contributed by atoms with Gasteiger partial charge in [-0.3, -0.25) is 4.79 Å². The fourth-order valence-corrected chi connectivity index (χ4v) is 1.84. The summed E-state index contributed by atoms with van der Waals surface area (Å²) in [4.78, 5) is 12.0. The van der Waals surface area contributed by atoms with E-state index in [1.54, 1.807) is 6.92 Å². The molecule has 0 saturated carbocycles. The summed E-state index contributed by atoms with van der Waals surface area (Å²) in [5.74, 6) is 0.000856. The van der Waals surface area contributed by atoms with Gasteiger partial charge >= 0.3 is 0 Å². The average Bonchev–Trinajstić information content (AvgIpc) is 2.27. The van der Waals surface area contributed by atoms with Crippen LogP contribution in [-0.4, -0.2) is 35.2 Å². The second kappa shape index (κ2) is 5.15. The fourth-order valence-electron chi connectivity index (χ4n) is 1.84. The second-order valence-corrected chi connectivity index (χ2v) is 5.25. The maximum atomic E-state index is 12.0. The molecule has 0 aromatic rings. The molecule has 16 heavy (non-hydrogen) atoms. The summed E-state index contributed by atoms with van der Waals surface area (Å²) in [6, 6.07) is 0. The van der Waals surface area contributed by atoms with Crippen molar-refractivity contribution in [1.82, 2.24) is 10.6 Å². The average molecular weight is 228 g/mol. The molecule has 94 valence electrons. The van der Waals surface area contributed by atoms with Gasteiger partial charge in [-0.15, -0.1) is 0 Å². The van der Waals surface area contributed by atoms with Gasteiger partial charge in [0.1, 0.15) is 0 Å². The van der Waals surface area contributed by atoms with Crippen LogP contribution < -0.4 is 10.6 Å². The molecule has 1 amide bonds. The van der Waals surface area contributed by atoms with Crippen LogP contribution in [0.4, 0.5) is 0 Å². The number of piperidine rings is 1. The van der Waals surface area contributed by atoms with Crippen molar-refractivity contribution in [3.05, 3.63) is 0 Å². The molecular weight excluding hydrogens is 204 g/mol. The third kappa shape index (κ3) is 3.46. The highest BCUT2D eigenvalue weighted by atomic mass is 16.3. The minimum absolute atomic E-state index is 0.000856. The molecule has 1 aliphatic heterocycles. The summed E-state index contributed by atoms with van der Waals surface area (Å²) >= 11 is 0. The topological polar surface area (TPSA) is 61.4 Å². The lowest BCUT2D eigenvalue weighted by Gasteiger charge is -2.34. The van der Waals surface area contributed by atoms with Crippen molar-refractivity contribution in [2.45, 2.75) is 57.6 Å². The molecule has 0 radical (unpaired) electrons. The van der Waals surface area contributed by atoms with Gasteiger partial charge < -0.3 is 15.7 Å². The summed E-state index contributed by atoms with van der Waals surface area (Å²) in [6.45, 7) is 6.80. The lowest BCUT2D eigenvalue weighted by molar-refractivity contribution is -0.129. The van der Waals surface area contributed by atoms with E-state index >= 15 is 0 Å². The summed E-state index contributed by atoms with van der Waals surface area (Å²) < 4.78 is 0. The van der Waals surface area contributed by atoms with Crippen LogP contribution in [0.2, 0.25) is 0 Å². The van der Waals surface area contributed by atoms with Gasteiger partial charge in [0.2, 0.25) is 5.91 Å². The molecule has 0 aromatic heterocycles. The van der Waals surface area contributed by atoms with E-state index in [1.165, 1.54) is 0 Å². The highest BCUT2D eigenvalue weighted by Crippen LogP contribution is 2.19. The SMILES string of the molecule is CCC(C)(O)CNC(=O)C1(C)CCCCN1. The number of hydrogen-bond donors (Lipinski definition) is 3. The van der Waals surface area contributed by atoms with Crippen molar-refractivity contribution in [3.63, 3.8) is 0 Å². The van der Waals surface area contributed by atoms with Gasteiger partial charge in [0, 0.05) is 6.54 Å². The van der Waals surface area contributed by atoms with Gasteiger partial charge in [-0.1, -0.05) is 6.92 Å². The van der Waals surface area contributed by atoms with Crippen LogP contribution in [0.1, 0.15) is 46.5 Å². The van der Waals surface area contributed by atoms with Gasteiger partial charge in [-0.05, 0) is 46.1 Å². The molecule has 3 N–H and O–H groups in total. The molecule has 1 saturated heterocycles. The van der Waals surface area contributed by atoms with Crippen LogP contribution in [0.15, 0.2) is 0 Å². The number of carbonyl (C=O) groups is 1. The van der Waals surface area contributed by atoms with Crippen LogP contribution in [-0.2, 0) is 4.79 Å². The molecule has 0 aromatic carbocycles. The Balaban J connectivity index is 2.45. The monoisotopic (exact) mass is 228 g/mol. The molecule has 1 heterocycles. The number of carbonyl (C=O) groups excluding carboxylic acids is 1. The van der Waals surface area contributed by atoms with E-state index in [9.17, 15) is 9.90 Å². The quantitative estimate of drug-likeness (QED) is 0.667. The minimum Gasteiger partial charge on any atom is -0.388 e. The molecule has 2 unspecified atom stereocenters. The Bertz CT molecular complexity index is 245. The van der Waals surface area contributed by atoms with E-state index in [1.807, 2.05) is 13.8 Å². The Labute approximate surface area is 97.8 Å². The van der Waals surface area contributed by atoms with Crippen molar-refractivity contribution >= 4 is 5.91 Å². The highest BCUT2D eigenvalue weighted by Gasteiger charge is 2.34. The van der Waals surface area contributed by atoms with E-state index in [0.29, 0.717) is 13.0 Å². The van der Waals surface area contributed by atoms with Crippen LogP contribution in [0.25, 0.3) is 0 Å². The maximum Gasteiger partial charge on any atom is 0.240 e. The minimum atomic E-state index is -0.805. The lowest BCUT2D eigenvalue weighted by Crippen LogP contribution is -2.58. The Morgan fingerprint density at radius 1 is 1.56 bits per heavy atom. The third-order valence-corrected chi connectivity index (χ3v) is 3.51. The standard InChI is InChI=1S/C12H24N2O2/c1-4-11(2,16)9-13-10(15)12(3)7-5-6-8-14-12/h14,16H,4-9H2,1-3H3,(H,13,15). The van der Waals surface area contributed by atoms with Gasteiger partial charge in [-0.2, -0.15) is 0 Å². The summed E-state index contributed by atoms with van der Waals surface area (Å²) in [5, 5.41) is 15.9. The Hall–Kier alpha value is -0.610. The smallest absolute Gasteiger partial charge is 0.240 e. The van der Waals surface area contributed by atoms with Crippen LogP contribution in [0.3, 0.4) is 0 Å². The lowest BCUT2D eigenvalue weighted by atomic mass is 9.90. The first-order valence-corrected chi connectivity index (χ1v) is 6.15. The first-order chi connectivity index (χ1) is 7.40. The number of aliphatic hydroxyl groups is 1. The zero-order valence-electron chi connectivity index (χ0n) is 10.6. The maximum absolute atomic E-state index is 12.0. The molecule has 0 aliphatic carbocycles. The van der Waals surface area contributed by atoms with Crippen molar-refractivity contribution < 1.29 is 9.90 Å². The molecule has 2 atom stereocenters. The van der Waals surface area contributed by atoms with E-state index in [0.717, 1.165) is 25.8 Å². The number of rotatable bonds is 4. The molecule has 4 heteroatoms. The molecule has 1 aliphatic rings. The predicted octanol–water partition coefficient (Wildman–Crippen LogP) is 0.796. The molecular formula is C12H24N2O2. The first kappa shape index (κ1) is 13.5. The molecule has 1 rings (SSSR count). The zero-order chi connectivity index (χ0) is 12.2. The second-order valence-electron chi connectivity index (χ2n) is 5.25. The summed E-state index contributed by atoms with van der Waals surface area (Å²) in [7, 11) is 0. The van der Waals surface area contributed by atoms with Gasteiger partial charge in [0.15, 0.2) is 0 Å². The van der Waals surface area contributed by atoms with Crippen molar-refractivity contribution in [2.75, 3.05) is 13.1 Å². The largest absolute Gasteiger partial charge is 0.388 e. The van der Waals surface area contributed by atoms with E-state index in [4.69, 9.17) is 0 Å². The van der Waals surface area contributed by atoms with Gasteiger partial charge in [0.25, 0.3) is 0 Å². The Morgan fingerprint density at radius 3 is 2.75 bits per heavy atom. The van der Waals surface area contributed by atoms with Gasteiger partial charge in [-0.25, -0.2) is 0 Å². The number of nitrogens with one attached hydrogen (secondary N) is 2. The fraction of sp³-hybridized carbons (Fsp3) is 0.917. The first-order valence-electron chi connectivity index (χ1n) is 6.15. The van der Waals surface area contributed by atoms with Crippen molar-refractivity contribution in [2.24, 2.45) is 0 Å². The zero-order valence-corrected chi connectivity index (χ0v) is 10.6. The van der Waals surface area contributed by atoms with Crippen molar-refractivity contribution in [1.29, 1.82) is 0 Å². The predicted molar refractivity (Wildman–Crippen MR) is 64.2 cm³/mol. The van der Waals surface area contributed by atoms with E-state index in [-0.39, 0.29) is 5.91 Å². The third-order valence-electron chi connectivity index (χ3n) is 3.51. The molecule has 0 spiro atoms. The Kier molecular flexibility index (Phi) is 4.33. The molecule has 0 bridgehead atoms. The molecule has 4 nitrogen and oxygen atoms in total. The van der Waals surface area contributed by atoms with E-state index in [2.05, 4.69) is 10.6 Å². The number of hydrogen-bond acceptors (Lipinski definition) is 3. The Morgan fingerprint density at radius 2 is 2.25 bits per heavy atom. The summed E-state index contributed by atoms with van der Waals surface area (Å²) in [5.41, 5.74) is -1.26.